The summed E-state index contributed by atoms with van der Waals surface area (Å²) in [7, 11) is -2.27. The van der Waals surface area contributed by atoms with E-state index >= 15 is 0 Å². The second-order valence-electron chi connectivity index (χ2n) is 4.67. The van der Waals surface area contributed by atoms with Crippen LogP contribution in [0.4, 0.5) is 4.39 Å². The van der Waals surface area contributed by atoms with Gasteiger partial charge in [0.1, 0.15) is 5.82 Å². The highest BCUT2D eigenvalue weighted by molar-refractivity contribution is 7.89. The molecular weight excluding hydrogens is 324 g/mol. The molecule has 0 saturated heterocycles. The first-order valence-electron chi connectivity index (χ1n) is 6.27. The van der Waals surface area contributed by atoms with Gasteiger partial charge in [0.15, 0.2) is 0 Å². The number of halogens is 3. The Balaban J connectivity index is 3.25. The molecule has 0 N–H and O–H groups in total. The third kappa shape index (κ3) is 3.64. The minimum Gasteiger partial charge on any atom is -0.207 e. The molecule has 0 amide bonds. The van der Waals surface area contributed by atoms with Crippen LogP contribution >= 0.6 is 23.2 Å². The first kappa shape index (κ1) is 17.7. The summed E-state index contributed by atoms with van der Waals surface area (Å²) in [6, 6.07) is 2.09. The Bertz CT molecular complexity index is 578. The van der Waals surface area contributed by atoms with Crippen molar-refractivity contribution in [3.8, 4) is 0 Å². The van der Waals surface area contributed by atoms with Crippen LogP contribution in [-0.2, 0) is 15.9 Å². The molecule has 114 valence electrons. The Labute approximate surface area is 129 Å². The van der Waals surface area contributed by atoms with Crippen molar-refractivity contribution in [2.75, 3.05) is 7.05 Å². The van der Waals surface area contributed by atoms with E-state index in [0.717, 1.165) is 18.9 Å². The molecule has 0 aliphatic carbocycles. The predicted octanol–water partition coefficient (Wildman–Crippen LogP) is 4.03. The lowest BCUT2D eigenvalue weighted by Crippen LogP contribution is -2.35. The van der Waals surface area contributed by atoms with Crippen molar-refractivity contribution in [2.45, 2.75) is 43.5 Å². The van der Waals surface area contributed by atoms with Crippen LogP contribution < -0.4 is 0 Å². The largest absolute Gasteiger partial charge is 0.243 e. The standard InChI is InChI=1S/C13H18Cl2FNO2S/c1-4-5-9(2)17(3)20(18,19)11-6-10(8-14)13(15)12(16)7-11/h6-7,9H,4-5,8H2,1-3H3. The maximum atomic E-state index is 13.7. The number of benzene rings is 1. The van der Waals surface area contributed by atoms with Crippen LogP contribution in [0.5, 0.6) is 0 Å². The quantitative estimate of drug-likeness (QED) is 0.732. The van der Waals surface area contributed by atoms with Gasteiger partial charge in [-0.15, -0.1) is 11.6 Å². The van der Waals surface area contributed by atoms with E-state index in [9.17, 15) is 12.8 Å². The van der Waals surface area contributed by atoms with Crippen LogP contribution in [-0.4, -0.2) is 25.8 Å². The van der Waals surface area contributed by atoms with Crippen molar-refractivity contribution < 1.29 is 12.8 Å². The highest BCUT2D eigenvalue weighted by Gasteiger charge is 2.26. The first-order chi connectivity index (χ1) is 9.25. The van der Waals surface area contributed by atoms with Gasteiger partial charge in [-0.05, 0) is 31.0 Å². The fourth-order valence-corrected chi connectivity index (χ4v) is 3.78. The summed E-state index contributed by atoms with van der Waals surface area (Å²) in [5.74, 6) is -0.826. The molecule has 0 radical (unpaired) electrons. The van der Waals surface area contributed by atoms with E-state index in [2.05, 4.69) is 0 Å². The fourth-order valence-electron chi connectivity index (χ4n) is 1.87. The number of rotatable bonds is 6. The monoisotopic (exact) mass is 341 g/mol. The third-order valence-electron chi connectivity index (χ3n) is 3.23. The Morgan fingerprint density at radius 1 is 1.40 bits per heavy atom. The molecule has 7 heteroatoms. The maximum absolute atomic E-state index is 13.7. The molecule has 1 aromatic carbocycles. The molecule has 1 rings (SSSR count). The average Bonchev–Trinajstić information content (AvgIpc) is 2.40. The normalized spacial score (nSPS) is 13.8. The van der Waals surface area contributed by atoms with Gasteiger partial charge in [-0.3, -0.25) is 0 Å². The van der Waals surface area contributed by atoms with Crippen LogP contribution in [0.2, 0.25) is 5.02 Å². The summed E-state index contributed by atoms with van der Waals surface area (Å²) >= 11 is 11.4. The number of alkyl halides is 1. The van der Waals surface area contributed by atoms with Crippen LogP contribution in [0.3, 0.4) is 0 Å². The van der Waals surface area contributed by atoms with E-state index in [1.807, 2.05) is 13.8 Å². The zero-order valence-electron chi connectivity index (χ0n) is 11.7. The van der Waals surface area contributed by atoms with Crippen LogP contribution in [0.25, 0.3) is 0 Å². The Morgan fingerprint density at radius 3 is 2.50 bits per heavy atom. The van der Waals surface area contributed by atoms with E-state index in [1.165, 1.54) is 17.4 Å². The minimum atomic E-state index is -3.76. The average molecular weight is 342 g/mol. The van der Waals surface area contributed by atoms with Gasteiger partial charge in [-0.1, -0.05) is 24.9 Å². The van der Waals surface area contributed by atoms with E-state index in [4.69, 9.17) is 23.2 Å². The summed E-state index contributed by atoms with van der Waals surface area (Å²) < 4.78 is 39.8. The Morgan fingerprint density at radius 2 is 2.00 bits per heavy atom. The summed E-state index contributed by atoms with van der Waals surface area (Å²) in [5, 5.41) is -0.136. The Hall–Kier alpha value is -0.360. The molecule has 0 aliphatic rings. The van der Waals surface area contributed by atoms with Crippen LogP contribution in [0, 0.1) is 5.82 Å². The minimum absolute atomic E-state index is 0.0483. The maximum Gasteiger partial charge on any atom is 0.243 e. The smallest absolute Gasteiger partial charge is 0.207 e. The van der Waals surface area contributed by atoms with E-state index in [1.54, 1.807) is 0 Å². The predicted molar refractivity (Wildman–Crippen MR) is 80.3 cm³/mol. The van der Waals surface area contributed by atoms with Crippen LogP contribution in [0.1, 0.15) is 32.3 Å². The molecule has 0 bridgehead atoms. The highest BCUT2D eigenvalue weighted by atomic mass is 35.5. The van der Waals surface area contributed by atoms with Crippen LogP contribution in [0.15, 0.2) is 17.0 Å². The van der Waals surface area contributed by atoms with Crippen molar-refractivity contribution in [3.63, 3.8) is 0 Å². The molecule has 0 aliphatic heterocycles. The number of hydrogen-bond acceptors (Lipinski definition) is 2. The number of nitrogens with zero attached hydrogens (tertiary/aromatic N) is 1. The lowest BCUT2D eigenvalue weighted by atomic mass is 10.2. The number of hydrogen-bond donors (Lipinski definition) is 0. The van der Waals surface area contributed by atoms with E-state index in [0.29, 0.717) is 0 Å². The van der Waals surface area contributed by atoms with E-state index < -0.39 is 15.8 Å². The summed E-state index contributed by atoms with van der Waals surface area (Å²) in [5.41, 5.74) is 0.267. The lowest BCUT2D eigenvalue weighted by molar-refractivity contribution is 0.368. The number of sulfonamides is 1. The van der Waals surface area contributed by atoms with Gasteiger partial charge in [-0.25, -0.2) is 12.8 Å². The molecular formula is C13H18Cl2FNO2S. The van der Waals surface area contributed by atoms with Gasteiger partial charge in [0.2, 0.25) is 10.0 Å². The fraction of sp³-hybridized carbons (Fsp3) is 0.538. The molecule has 1 atom stereocenters. The Kier molecular flexibility index (Phi) is 6.25. The van der Waals surface area contributed by atoms with Gasteiger partial charge < -0.3 is 0 Å². The molecule has 1 unspecified atom stereocenters. The molecule has 0 aromatic heterocycles. The third-order valence-corrected chi connectivity index (χ3v) is 5.89. The SMILES string of the molecule is CCCC(C)N(C)S(=O)(=O)c1cc(F)c(Cl)c(CCl)c1. The van der Waals surface area contributed by atoms with Crippen molar-refractivity contribution in [2.24, 2.45) is 0 Å². The summed E-state index contributed by atoms with van der Waals surface area (Å²) in [4.78, 5) is -0.125. The first-order valence-corrected chi connectivity index (χ1v) is 8.62. The lowest BCUT2D eigenvalue weighted by Gasteiger charge is -2.24. The molecule has 0 fully saturated rings. The molecule has 0 spiro atoms. The van der Waals surface area contributed by atoms with Crippen molar-refractivity contribution >= 4 is 33.2 Å². The van der Waals surface area contributed by atoms with Crippen molar-refractivity contribution in [3.05, 3.63) is 28.5 Å². The van der Waals surface area contributed by atoms with Crippen molar-refractivity contribution in [1.82, 2.24) is 4.31 Å². The summed E-state index contributed by atoms with van der Waals surface area (Å²) in [6.45, 7) is 3.79. The van der Waals surface area contributed by atoms with Gasteiger partial charge >= 0.3 is 0 Å². The summed E-state index contributed by atoms with van der Waals surface area (Å²) in [6.07, 6.45) is 1.59. The molecule has 1 aromatic rings. The van der Waals surface area contributed by atoms with Gasteiger partial charge in [0.25, 0.3) is 0 Å². The van der Waals surface area contributed by atoms with Gasteiger partial charge in [0.05, 0.1) is 9.92 Å². The zero-order valence-corrected chi connectivity index (χ0v) is 14.0. The van der Waals surface area contributed by atoms with Gasteiger partial charge in [0, 0.05) is 19.0 Å². The topological polar surface area (TPSA) is 37.4 Å². The second kappa shape index (κ2) is 7.07. The zero-order chi connectivity index (χ0) is 15.5. The molecule has 20 heavy (non-hydrogen) atoms. The van der Waals surface area contributed by atoms with Crippen molar-refractivity contribution in [1.29, 1.82) is 0 Å². The molecule has 0 heterocycles. The van der Waals surface area contributed by atoms with Gasteiger partial charge in [-0.2, -0.15) is 4.31 Å². The molecule has 0 saturated carbocycles. The molecule has 3 nitrogen and oxygen atoms in total. The highest BCUT2D eigenvalue weighted by Crippen LogP contribution is 2.28. The van der Waals surface area contributed by atoms with E-state index in [-0.39, 0.29) is 27.4 Å². The second-order valence-corrected chi connectivity index (χ2v) is 7.31.